The van der Waals surface area contributed by atoms with Crippen LogP contribution in [0.25, 0.3) is 0 Å². The molecule has 10 heteroatoms. The van der Waals surface area contributed by atoms with Crippen LogP contribution in [-0.4, -0.2) is 26.4 Å². The topological polar surface area (TPSA) is 130 Å². The van der Waals surface area contributed by atoms with Crippen molar-refractivity contribution in [3.8, 4) is 0 Å². The fourth-order valence-corrected chi connectivity index (χ4v) is 4.87. The van der Waals surface area contributed by atoms with Gasteiger partial charge in [-0.25, -0.2) is 13.2 Å². The molecule has 1 atom stereocenters. The zero-order chi connectivity index (χ0) is 27.8. The fraction of sp³-hybridized carbons (Fsp3) is 0.172. The van der Waals surface area contributed by atoms with E-state index >= 15 is 0 Å². The standard InChI is InChI=1S/C29H30N4O5S/c1-20-8-16-26(17-9-20)39(36,37)33-24-13-11-23(12-14-24)31-29(35)32-27(18-22-6-4-3-5-7-22)28(34)30-19-25-15-10-21(2)38-25/h3-17,27,33H,18-19H2,1-2H3,(H,30,34)(H2,31,32,35)/t27-/m1/s1. The van der Waals surface area contributed by atoms with Crippen LogP contribution < -0.4 is 20.7 Å². The molecule has 4 rings (SSSR count). The third-order valence-electron chi connectivity index (χ3n) is 5.86. The molecule has 4 N–H and O–H groups in total. The molecule has 0 aliphatic carbocycles. The molecule has 1 heterocycles. The van der Waals surface area contributed by atoms with Gasteiger partial charge in [0.1, 0.15) is 17.6 Å². The number of furan rings is 1. The highest BCUT2D eigenvalue weighted by Gasteiger charge is 2.22. The smallest absolute Gasteiger partial charge is 0.319 e. The number of sulfonamides is 1. The third-order valence-corrected chi connectivity index (χ3v) is 7.26. The zero-order valence-corrected chi connectivity index (χ0v) is 22.4. The minimum atomic E-state index is -3.75. The summed E-state index contributed by atoms with van der Waals surface area (Å²) in [5, 5.41) is 8.23. The van der Waals surface area contributed by atoms with Crippen molar-refractivity contribution in [3.63, 3.8) is 0 Å². The van der Waals surface area contributed by atoms with Gasteiger partial charge in [-0.3, -0.25) is 9.52 Å². The molecule has 9 nitrogen and oxygen atoms in total. The van der Waals surface area contributed by atoms with Crippen molar-refractivity contribution >= 4 is 33.3 Å². The normalized spacial score (nSPS) is 11.8. The van der Waals surface area contributed by atoms with Crippen molar-refractivity contribution in [3.05, 3.63) is 114 Å². The Bertz CT molecular complexity index is 1520. The summed E-state index contributed by atoms with van der Waals surface area (Å²) < 4.78 is 33.3. The van der Waals surface area contributed by atoms with E-state index < -0.39 is 22.1 Å². The second-order valence-electron chi connectivity index (χ2n) is 9.07. The quantitative estimate of drug-likeness (QED) is 0.228. The number of urea groups is 1. The Labute approximate surface area is 227 Å². The van der Waals surface area contributed by atoms with Gasteiger partial charge in [0.25, 0.3) is 10.0 Å². The molecule has 0 saturated carbocycles. The molecule has 0 bridgehead atoms. The van der Waals surface area contributed by atoms with Crippen molar-refractivity contribution in [2.75, 3.05) is 10.0 Å². The Morgan fingerprint density at radius 1 is 0.821 bits per heavy atom. The Hall–Kier alpha value is -4.57. The molecule has 0 radical (unpaired) electrons. The van der Waals surface area contributed by atoms with Gasteiger partial charge in [-0.2, -0.15) is 0 Å². The molecule has 0 aliphatic rings. The van der Waals surface area contributed by atoms with Gasteiger partial charge >= 0.3 is 6.03 Å². The van der Waals surface area contributed by atoms with Crippen molar-refractivity contribution < 1.29 is 22.4 Å². The molecule has 0 saturated heterocycles. The maximum atomic E-state index is 13.0. The molecule has 3 aromatic carbocycles. The molecular formula is C29H30N4O5S. The molecule has 39 heavy (non-hydrogen) atoms. The second kappa shape index (κ2) is 12.3. The highest BCUT2D eigenvalue weighted by molar-refractivity contribution is 7.92. The SMILES string of the molecule is Cc1ccc(S(=O)(=O)Nc2ccc(NC(=O)N[C@H](Cc3ccccc3)C(=O)NCc3ccc(C)o3)cc2)cc1. The lowest BCUT2D eigenvalue weighted by molar-refractivity contribution is -0.123. The Balaban J connectivity index is 1.38. The lowest BCUT2D eigenvalue weighted by Gasteiger charge is -2.19. The first-order chi connectivity index (χ1) is 18.7. The average Bonchev–Trinajstić information content (AvgIpc) is 3.33. The number of carbonyl (C=O) groups is 2. The van der Waals surface area contributed by atoms with Gasteiger partial charge < -0.3 is 20.4 Å². The van der Waals surface area contributed by atoms with E-state index in [9.17, 15) is 18.0 Å². The van der Waals surface area contributed by atoms with Gasteiger partial charge in [0.05, 0.1) is 11.4 Å². The van der Waals surface area contributed by atoms with Crippen LogP contribution in [0.3, 0.4) is 0 Å². The lowest BCUT2D eigenvalue weighted by atomic mass is 10.1. The highest BCUT2D eigenvalue weighted by Crippen LogP contribution is 2.19. The molecule has 0 spiro atoms. The molecule has 202 valence electrons. The van der Waals surface area contributed by atoms with Gasteiger partial charge in [0.15, 0.2) is 0 Å². The van der Waals surface area contributed by atoms with Crippen LogP contribution in [0.1, 0.15) is 22.6 Å². The predicted molar refractivity (Wildman–Crippen MR) is 150 cm³/mol. The maximum absolute atomic E-state index is 13.0. The maximum Gasteiger partial charge on any atom is 0.319 e. The van der Waals surface area contributed by atoms with Gasteiger partial charge in [-0.1, -0.05) is 48.0 Å². The van der Waals surface area contributed by atoms with E-state index in [2.05, 4.69) is 20.7 Å². The van der Waals surface area contributed by atoms with E-state index in [4.69, 9.17) is 4.42 Å². The minimum absolute atomic E-state index is 0.152. The molecule has 3 amide bonds. The van der Waals surface area contributed by atoms with E-state index in [0.717, 1.165) is 16.9 Å². The van der Waals surface area contributed by atoms with Crippen molar-refractivity contribution in [1.29, 1.82) is 0 Å². The van der Waals surface area contributed by atoms with Crippen LogP contribution in [-0.2, 0) is 27.8 Å². The van der Waals surface area contributed by atoms with Crippen molar-refractivity contribution in [2.24, 2.45) is 0 Å². The first-order valence-electron chi connectivity index (χ1n) is 12.3. The van der Waals surface area contributed by atoms with Gasteiger partial charge in [-0.15, -0.1) is 0 Å². The second-order valence-corrected chi connectivity index (χ2v) is 10.7. The number of hydrogen-bond acceptors (Lipinski definition) is 5. The van der Waals surface area contributed by atoms with Crippen LogP contribution in [0.2, 0.25) is 0 Å². The molecule has 0 unspecified atom stereocenters. The monoisotopic (exact) mass is 546 g/mol. The number of amides is 3. The summed E-state index contributed by atoms with van der Waals surface area (Å²) in [7, 11) is -3.75. The van der Waals surface area contributed by atoms with Gasteiger partial charge in [0, 0.05) is 17.8 Å². The Morgan fingerprint density at radius 3 is 2.13 bits per heavy atom. The summed E-state index contributed by atoms with van der Waals surface area (Å²) in [5.74, 6) is 0.998. The van der Waals surface area contributed by atoms with Crippen molar-refractivity contribution in [1.82, 2.24) is 10.6 Å². The van der Waals surface area contributed by atoms with E-state index in [1.165, 1.54) is 12.1 Å². The first-order valence-corrected chi connectivity index (χ1v) is 13.8. The third kappa shape index (κ3) is 7.96. The highest BCUT2D eigenvalue weighted by atomic mass is 32.2. The molecule has 0 aliphatic heterocycles. The van der Waals surface area contributed by atoms with Crippen molar-refractivity contribution in [2.45, 2.75) is 37.8 Å². The Kier molecular flexibility index (Phi) is 8.67. The number of hydrogen-bond donors (Lipinski definition) is 4. The predicted octanol–water partition coefficient (Wildman–Crippen LogP) is 4.75. The molecule has 0 fully saturated rings. The Morgan fingerprint density at radius 2 is 1.49 bits per heavy atom. The van der Waals surface area contributed by atoms with E-state index in [0.29, 0.717) is 17.1 Å². The number of benzene rings is 3. The summed E-state index contributed by atoms with van der Waals surface area (Å²) in [6.07, 6.45) is 0.289. The summed E-state index contributed by atoms with van der Waals surface area (Å²) in [6, 6.07) is 24.3. The number of aryl methyl sites for hydroxylation is 2. The van der Waals surface area contributed by atoms with E-state index in [1.807, 2.05) is 50.2 Å². The largest absolute Gasteiger partial charge is 0.465 e. The van der Waals surface area contributed by atoms with Crippen LogP contribution in [0.4, 0.5) is 16.2 Å². The van der Waals surface area contributed by atoms with E-state index in [-0.39, 0.29) is 23.8 Å². The zero-order valence-electron chi connectivity index (χ0n) is 21.6. The molecular weight excluding hydrogens is 516 g/mol. The average molecular weight is 547 g/mol. The van der Waals surface area contributed by atoms with E-state index in [1.54, 1.807) is 42.5 Å². The number of carbonyl (C=O) groups excluding carboxylic acids is 2. The minimum Gasteiger partial charge on any atom is -0.465 e. The summed E-state index contributed by atoms with van der Waals surface area (Å²) >= 11 is 0. The van der Waals surface area contributed by atoms with Crippen LogP contribution >= 0.6 is 0 Å². The lowest BCUT2D eigenvalue weighted by Crippen LogP contribution is -2.49. The first kappa shape index (κ1) is 27.5. The fourth-order valence-electron chi connectivity index (χ4n) is 3.82. The number of nitrogens with one attached hydrogen (secondary N) is 4. The summed E-state index contributed by atoms with van der Waals surface area (Å²) in [4.78, 5) is 25.9. The van der Waals surface area contributed by atoms with Gasteiger partial charge in [-0.05, 0) is 67.9 Å². The summed E-state index contributed by atoms with van der Waals surface area (Å²) in [6.45, 7) is 3.89. The molecule has 1 aromatic heterocycles. The van der Waals surface area contributed by atoms with Gasteiger partial charge in [0.2, 0.25) is 5.91 Å². The summed E-state index contributed by atoms with van der Waals surface area (Å²) in [5.41, 5.74) is 2.61. The number of anilines is 2. The molecule has 4 aromatic rings. The van der Waals surface area contributed by atoms with Crippen LogP contribution in [0.15, 0.2) is 100 Å². The van der Waals surface area contributed by atoms with Crippen LogP contribution in [0, 0.1) is 13.8 Å². The number of rotatable bonds is 10. The van der Waals surface area contributed by atoms with Crippen LogP contribution in [0.5, 0.6) is 0 Å².